The number of aryl methyl sites for hydroxylation is 1. The number of fused-ring (bicyclic) bond motifs is 2. The normalized spacial score (nSPS) is 12.0. The van der Waals surface area contributed by atoms with Gasteiger partial charge < -0.3 is 4.74 Å². The Labute approximate surface area is 139 Å². The highest BCUT2D eigenvalue weighted by Gasteiger charge is 2.31. The highest BCUT2D eigenvalue weighted by atomic mass is 19.4. The lowest BCUT2D eigenvalue weighted by atomic mass is 10.0. The van der Waals surface area contributed by atoms with E-state index in [4.69, 9.17) is 0 Å². The summed E-state index contributed by atoms with van der Waals surface area (Å²) in [6.45, 7) is 1.90. The molecular weight excluding hydrogens is 333 g/mol. The fourth-order valence-corrected chi connectivity index (χ4v) is 2.72. The average molecular weight is 344 g/mol. The van der Waals surface area contributed by atoms with Crippen LogP contribution in [0.4, 0.5) is 13.2 Å². The summed E-state index contributed by atoms with van der Waals surface area (Å²) in [6, 6.07) is 5.77. The minimum Gasteiger partial charge on any atom is -0.406 e. The predicted octanol–water partition coefficient (Wildman–Crippen LogP) is 4.15. The van der Waals surface area contributed by atoms with Crippen molar-refractivity contribution in [1.82, 2.24) is 19.6 Å². The van der Waals surface area contributed by atoms with Gasteiger partial charge in [-0.25, -0.2) is 9.50 Å². The third-order valence-electron chi connectivity index (χ3n) is 3.72. The maximum absolute atomic E-state index is 12.5. The third-order valence-corrected chi connectivity index (χ3v) is 3.72. The summed E-state index contributed by atoms with van der Waals surface area (Å²) >= 11 is 0. The van der Waals surface area contributed by atoms with Gasteiger partial charge in [-0.3, -0.25) is 4.98 Å². The Hall–Kier alpha value is -3.16. The SMILES string of the molecule is Cc1cnc2c(-c3ccnc4ccc(OC(F)(F)F)cc34)cnn2c1. The first kappa shape index (κ1) is 15.4. The van der Waals surface area contributed by atoms with Crippen LogP contribution < -0.4 is 4.74 Å². The van der Waals surface area contributed by atoms with Crippen molar-refractivity contribution in [1.29, 1.82) is 0 Å². The van der Waals surface area contributed by atoms with Gasteiger partial charge in [0.05, 0.1) is 11.7 Å². The molecule has 0 unspecified atom stereocenters. The van der Waals surface area contributed by atoms with E-state index in [9.17, 15) is 13.2 Å². The summed E-state index contributed by atoms with van der Waals surface area (Å²) in [5.41, 5.74) is 3.50. The number of aromatic nitrogens is 4. The van der Waals surface area contributed by atoms with Gasteiger partial charge in [-0.1, -0.05) is 0 Å². The Kier molecular flexibility index (Phi) is 3.34. The van der Waals surface area contributed by atoms with Crippen LogP contribution in [0.3, 0.4) is 0 Å². The summed E-state index contributed by atoms with van der Waals surface area (Å²) in [4.78, 5) is 8.57. The van der Waals surface area contributed by atoms with Crippen molar-refractivity contribution in [2.45, 2.75) is 13.3 Å². The van der Waals surface area contributed by atoms with Crippen molar-refractivity contribution in [3.8, 4) is 16.9 Å². The van der Waals surface area contributed by atoms with Crippen molar-refractivity contribution in [2.24, 2.45) is 0 Å². The van der Waals surface area contributed by atoms with Crippen LogP contribution in [0.1, 0.15) is 5.56 Å². The predicted molar refractivity (Wildman–Crippen MR) is 85.1 cm³/mol. The molecule has 4 aromatic rings. The van der Waals surface area contributed by atoms with Gasteiger partial charge in [0.15, 0.2) is 5.65 Å². The molecule has 0 bridgehead atoms. The van der Waals surface area contributed by atoms with Crippen molar-refractivity contribution >= 4 is 16.6 Å². The number of alkyl halides is 3. The Morgan fingerprint density at radius 3 is 2.68 bits per heavy atom. The molecule has 126 valence electrons. The summed E-state index contributed by atoms with van der Waals surface area (Å²) in [5.74, 6) is -0.297. The van der Waals surface area contributed by atoms with Crippen LogP contribution in [0, 0.1) is 6.92 Å². The first-order valence-corrected chi connectivity index (χ1v) is 7.35. The monoisotopic (exact) mass is 344 g/mol. The van der Waals surface area contributed by atoms with E-state index in [0.717, 1.165) is 5.56 Å². The first-order chi connectivity index (χ1) is 11.9. The number of pyridine rings is 1. The van der Waals surface area contributed by atoms with Crippen LogP contribution in [0.2, 0.25) is 0 Å². The average Bonchev–Trinajstić information content (AvgIpc) is 2.95. The molecule has 0 fully saturated rings. The highest BCUT2D eigenvalue weighted by Crippen LogP contribution is 2.33. The molecule has 5 nitrogen and oxygen atoms in total. The molecule has 0 N–H and O–H groups in total. The number of ether oxygens (including phenoxy) is 1. The van der Waals surface area contributed by atoms with Gasteiger partial charge in [-0.15, -0.1) is 13.2 Å². The van der Waals surface area contributed by atoms with Gasteiger partial charge >= 0.3 is 6.36 Å². The third kappa shape index (κ3) is 2.86. The van der Waals surface area contributed by atoms with Gasteiger partial charge in [0.25, 0.3) is 0 Å². The molecule has 4 rings (SSSR count). The van der Waals surface area contributed by atoms with Gasteiger partial charge in [0.1, 0.15) is 5.75 Å². The fraction of sp³-hybridized carbons (Fsp3) is 0.118. The van der Waals surface area contributed by atoms with Crippen molar-refractivity contribution in [3.63, 3.8) is 0 Å². The molecular formula is C17H11F3N4O. The summed E-state index contributed by atoms with van der Waals surface area (Å²) < 4.78 is 43.2. The molecule has 0 aliphatic carbocycles. The molecule has 0 radical (unpaired) electrons. The lowest BCUT2D eigenvalue weighted by Gasteiger charge is -2.10. The number of rotatable bonds is 2. The molecule has 3 heterocycles. The molecule has 0 aliphatic rings. The zero-order chi connectivity index (χ0) is 17.6. The summed E-state index contributed by atoms with van der Waals surface area (Å²) in [6.07, 6.45) is 2.02. The molecule has 0 spiro atoms. The molecule has 0 aliphatic heterocycles. The van der Waals surface area contributed by atoms with Crippen molar-refractivity contribution in [3.05, 3.63) is 54.6 Å². The lowest BCUT2D eigenvalue weighted by Crippen LogP contribution is -2.17. The molecule has 0 saturated heterocycles. The summed E-state index contributed by atoms with van der Waals surface area (Å²) in [5, 5.41) is 4.80. The number of hydrogen-bond acceptors (Lipinski definition) is 4. The second-order valence-corrected chi connectivity index (χ2v) is 5.54. The smallest absolute Gasteiger partial charge is 0.406 e. The van der Waals surface area contributed by atoms with Crippen molar-refractivity contribution < 1.29 is 17.9 Å². The Balaban J connectivity index is 1.92. The van der Waals surface area contributed by atoms with Gasteiger partial charge in [-0.05, 0) is 42.3 Å². The summed E-state index contributed by atoms with van der Waals surface area (Å²) in [7, 11) is 0. The molecule has 0 atom stereocenters. The number of halogens is 3. The van der Waals surface area contributed by atoms with Gasteiger partial charge in [0.2, 0.25) is 0 Å². The van der Waals surface area contributed by atoms with Gasteiger partial charge in [-0.2, -0.15) is 5.10 Å². The number of hydrogen-bond donors (Lipinski definition) is 0. The van der Waals surface area contributed by atoms with Crippen LogP contribution >= 0.6 is 0 Å². The second kappa shape index (κ2) is 5.44. The Bertz CT molecular complexity index is 1090. The van der Waals surface area contributed by atoms with E-state index < -0.39 is 6.36 Å². The Morgan fingerprint density at radius 1 is 1.04 bits per heavy atom. The maximum atomic E-state index is 12.5. The minimum absolute atomic E-state index is 0.297. The molecule has 3 aromatic heterocycles. The number of benzene rings is 1. The zero-order valence-corrected chi connectivity index (χ0v) is 12.9. The van der Waals surface area contributed by atoms with Crippen LogP contribution in [0.15, 0.2) is 49.1 Å². The van der Waals surface area contributed by atoms with Crippen LogP contribution in [-0.4, -0.2) is 25.9 Å². The van der Waals surface area contributed by atoms with Crippen LogP contribution in [-0.2, 0) is 0 Å². The molecule has 8 heteroatoms. The topological polar surface area (TPSA) is 52.3 Å². The van der Waals surface area contributed by atoms with Crippen LogP contribution in [0.5, 0.6) is 5.75 Å². The quantitative estimate of drug-likeness (QED) is 0.548. The van der Waals surface area contributed by atoms with Gasteiger partial charge in [0, 0.05) is 29.5 Å². The molecule has 0 saturated carbocycles. The molecule has 25 heavy (non-hydrogen) atoms. The molecule has 1 aromatic carbocycles. The largest absolute Gasteiger partial charge is 0.573 e. The van der Waals surface area contributed by atoms with E-state index in [1.54, 1.807) is 29.2 Å². The van der Waals surface area contributed by atoms with Crippen molar-refractivity contribution in [2.75, 3.05) is 0 Å². The number of nitrogens with zero attached hydrogens (tertiary/aromatic N) is 4. The van der Waals surface area contributed by atoms with E-state index >= 15 is 0 Å². The minimum atomic E-state index is -4.75. The van der Waals surface area contributed by atoms with E-state index in [2.05, 4.69) is 19.8 Å². The Morgan fingerprint density at radius 2 is 1.88 bits per heavy atom. The van der Waals surface area contributed by atoms with E-state index in [1.807, 2.05) is 13.1 Å². The highest BCUT2D eigenvalue weighted by molar-refractivity contribution is 5.98. The second-order valence-electron chi connectivity index (χ2n) is 5.54. The zero-order valence-electron chi connectivity index (χ0n) is 12.9. The van der Waals surface area contributed by atoms with E-state index in [1.165, 1.54) is 18.2 Å². The van der Waals surface area contributed by atoms with Crippen LogP contribution in [0.25, 0.3) is 27.7 Å². The lowest BCUT2D eigenvalue weighted by molar-refractivity contribution is -0.274. The van der Waals surface area contributed by atoms with E-state index in [-0.39, 0.29) is 5.75 Å². The maximum Gasteiger partial charge on any atom is 0.573 e. The van der Waals surface area contributed by atoms with E-state index in [0.29, 0.717) is 27.7 Å². The fourth-order valence-electron chi connectivity index (χ4n) is 2.72. The standard InChI is InChI=1S/C17H11F3N4O/c1-10-7-22-16-14(8-23-24(16)9-10)12-4-5-21-15-3-2-11(6-13(12)15)25-17(18,19)20/h2-9H,1H3. The first-order valence-electron chi connectivity index (χ1n) is 7.35. The molecule has 0 amide bonds.